The average Bonchev–Trinajstić information content (AvgIpc) is 3.17. The van der Waals surface area contributed by atoms with Crippen LogP contribution in [0, 0.1) is 5.82 Å². The van der Waals surface area contributed by atoms with Crippen molar-refractivity contribution in [2.45, 2.75) is 33.3 Å². The van der Waals surface area contributed by atoms with Gasteiger partial charge in [-0.05, 0) is 31.0 Å². The zero-order valence-corrected chi connectivity index (χ0v) is 19.2. The zero-order valence-electron chi connectivity index (χ0n) is 19.2. The topological polar surface area (TPSA) is 69.9 Å². The minimum absolute atomic E-state index is 0.0195. The van der Waals surface area contributed by atoms with Gasteiger partial charge in [0.05, 0.1) is 36.1 Å². The molecule has 0 aliphatic carbocycles. The Balaban J connectivity index is 1.92. The van der Waals surface area contributed by atoms with Gasteiger partial charge in [-0.15, -0.1) is 0 Å². The van der Waals surface area contributed by atoms with E-state index in [2.05, 4.69) is 0 Å². The first kappa shape index (κ1) is 24.3. The summed E-state index contributed by atoms with van der Waals surface area (Å²) >= 11 is 0. The summed E-state index contributed by atoms with van der Waals surface area (Å²) in [6.07, 6.45) is 1.94. The molecule has 35 heavy (non-hydrogen) atoms. The van der Waals surface area contributed by atoms with Gasteiger partial charge in [0, 0.05) is 17.0 Å². The van der Waals surface area contributed by atoms with Crippen molar-refractivity contribution in [3.05, 3.63) is 60.0 Å². The Morgan fingerprint density at radius 2 is 1.77 bits per heavy atom. The quantitative estimate of drug-likeness (QED) is 0.288. The second-order valence-corrected chi connectivity index (χ2v) is 7.80. The van der Waals surface area contributed by atoms with Crippen LogP contribution in [0.2, 0.25) is 0 Å². The number of alkyl halides is 2. The van der Waals surface area contributed by atoms with Crippen LogP contribution in [-0.2, 0) is 16.0 Å². The van der Waals surface area contributed by atoms with Crippen molar-refractivity contribution in [2.24, 2.45) is 0 Å². The molecule has 4 aromatic rings. The predicted molar refractivity (Wildman–Crippen MR) is 125 cm³/mol. The smallest absolute Gasteiger partial charge is 0.387 e. The predicted octanol–water partition coefficient (Wildman–Crippen LogP) is 6.12. The molecule has 0 spiro atoms. The van der Waals surface area contributed by atoms with Gasteiger partial charge >= 0.3 is 12.6 Å². The monoisotopic (exact) mass is 487 g/mol. The molecule has 9 heteroatoms. The number of carbonyl (C=O) groups is 1. The lowest BCUT2D eigenvalue weighted by Gasteiger charge is -2.15. The molecule has 0 aliphatic rings. The molecular weight excluding hydrogens is 463 g/mol. The van der Waals surface area contributed by atoms with E-state index in [0.29, 0.717) is 34.9 Å². The van der Waals surface area contributed by atoms with Crippen molar-refractivity contribution in [1.29, 1.82) is 0 Å². The first-order valence-corrected chi connectivity index (χ1v) is 11.2. The molecular formula is C26H24F3NO5. The standard InChI is InChI=1S/C26H24F3NO5/c1-3-11-34-23-17-7-5-6-8-18(17)24(35-26(28)29)22-19(23)14-30(25(22)32)16-10-9-15(20(27)13-16)12-21(31)33-4-2/h5-10,13-14,26,32H,3-4,11-12H2,1-2H3. The van der Waals surface area contributed by atoms with Crippen molar-refractivity contribution in [3.63, 3.8) is 0 Å². The Labute approximate surface area is 199 Å². The molecule has 6 nitrogen and oxygen atoms in total. The molecule has 0 saturated heterocycles. The number of hydrogen-bond acceptors (Lipinski definition) is 5. The second kappa shape index (κ2) is 10.2. The summed E-state index contributed by atoms with van der Waals surface area (Å²) in [5.74, 6) is -1.46. The van der Waals surface area contributed by atoms with Crippen LogP contribution >= 0.6 is 0 Å². The molecule has 3 aromatic carbocycles. The minimum atomic E-state index is -3.13. The third kappa shape index (κ3) is 4.71. The largest absolute Gasteiger partial charge is 0.494 e. The molecule has 1 heterocycles. The van der Waals surface area contributed by atoms with Gasteiger partial charge in [0.1, 0.15) is 17.3 Å². The molecule has 4 rings (SSSR count). The molecule has 0 unspecified atom stereocenters. The van der Waals surface area contributed by atoms with E-state index in [1.165, 1.54) is 22.9 Å². The van der Waals surface area contributed by atoms with E-state index >= 15 is 0 Å². The number of fused-ring (bicyclic) bond motifs is 2. The van der Waals surface area contributed by atoms with E-state index in [-0.39, 0.29) is 35.4 Å². The van der Waals surface area contributed by atoms with Crippen LogP contribution in [0.5, 0.6) is 17.4 Å². The zero-order chi connectivity index (χ0) is 25.1. The van der Waals surface area contributed by atoms with E-state index < -0.39 is 24.3 Å². The lowest BCUT2D eigenvalue weighted by Crippen LogP contribution is -2.09. The summed E-state index contributed by atoms with van der Waals surface area (Å²) in [5, 5.41) is 12.3. The average molecular weight is 487 g/mol. The minimum Gasteiger partial charge on any atom is -0.494 e. The van der Waals surface area contributed by atoms with Gasteiger partial charge in [-0.1, -0.05) is 37.3 Å². The third-order valence-electron chi connectivity index (χ3n) is 5.48. The number of aromatic nitrogens is 1. The molecule has 1 aromatic heterocycles. The number of esters is 1. The summed E-state index contributed by atoms with van der Waals surface area (Å²) < 4.78 is 58.5. The Morgan fingerprint density at radius 3 is 2.40 bits per heavy atom. The maximum atomic E-state index is 14.8. The van der Waals surface area contributed by atoms with Crippen LogP contribution in [-0.4, -0.2) is 35.5 Å². The maximum Gasteiger partial charge on any atom is 0.387 e. The fourth-order valence-corrected chi connectivity index (χ4v) is 4.02. The lowest BCUT2D eigenvalue weighted by atomic mass is 10.0. The van der Waals surface area contributed by atoms with Gasteiger partial charge < -0.3 is 19.3 Å². The van der Waals surface area contributed by atoms with Gasteiger partial charge in [-0.2, -0.15) is 8.78 Å². The van der Waals surface area contributed by atoms with Crippen molar-refractivity contribution < 1.29 is 37.3 Å². The maximum absolute atomic E-state index is 14.8. The number of aromatic hydroxyl groups is 1. The summed E-state index contributed by atoms with van der Waals surface area (Å²) in [6, 6.07) is 10.8. The van der Waals surface area contributed by atoms with E-state index in [1.807, 2.05) is 6.92 Å². The number of halogens is 3. The van der Waals surface area contributed by atoms with Crippen LogP contribution in [0.4, 0.5) is 13.2 Å². The highest BCUT2D eigenvalue weighted by Crippen LogP contribution is 2.48. The molecule has 0 aliphatic heterocycles. The Morgan fingerprint density at radius 1 is 1.06 bits per heavy atom. The normalized spacial score (nSPS) is 11.4. The first-order valence-electron chi connectivity index (χ1n) is 11.2. The lowest BCUT2D eigenvalue weighted by molar-refractivity contribution is -0.142. The van der Waals surface area contributed by atoms with Crippen LogP contribution in [0.25, 0.3) is 27.2 Å². The van der Waals surface area contributed by atoms with Gasteiger partial charge in [0.2, 0.25) is 5.88 Å². The Kier molecular flexibility index (Phi) is 7.04. The number of nitrogens with zero attached hydrogens (tertiary/aromatic N) is 1. The molecule has 0 saturated carbocycles. The molecule has 0 bridgehead atoms. The second-order valence-electron chi connectivity index (χ2n) is 7.80. The van der Waals surface area contributed by atoms with Crippen molar-refractivity contribution in [3.8, 4) is 23.1 Å². The Hall–Kier alpha value is -3.88. The molecule has 0 radical (unpaired) electrons. The summed E-state index contributed by atoms with van der Waals surface area (Å²) in [4.78, 5) is 11.7. The third-order valence-corrected chi connectivity index (χ3v) is 5.48. The molecule has 0 amide bonds. The van der Waals surface area contributed by atoms with E-state index in [4.69, 9.17) is 14.2 Å². The summed E-state index contributed by atoms with van der Waals surface area (Å²) in [6.45, 7) is 0.993. The summed E-state index contributed by atoms with van der Waals surface area (Å²) in [5.41, 5.74) is 0.347. The van der Waals surface area contributed by atoms with Crippen molar-refractivity contribution in [1.82, 2.24) is 4.57 Å². The van der Waals surface area contributed by atoms with Crippen LogP contribution < -0.4 is 9.47 Å². The van der Waals surface area contributed by atoms with Crippen molar-refractivity contribution >= 4 is 27.5 Å². The SMILES string of the molecule is CCCOc1c2ccccc2c(OC(F)F)c2c(O)n(-c3ccc(CC(=O)OCC)c(F)c3)cc12. The van der Waals surface area contributed by atoms with Gasteiger partial charge in [0.25, 0.3) is 0 Å². The molecule has 184 valence electrons. The highest BCUT2D eigenvalue weighted by atomic mass is 19.3. The van der Waals surface area contributed by atoms with Gasteiger partial charge in [-0.3, -0.25) is 9.36 Å². The van der Waals surface area contributed by atoms with E-state index in [1.54, 1.807) is 31.2 Å². The van der Waals surface area contributed by atoms with Crippen LogP contribution in [0.15, 0.2) is 48.7 Å². The summed E-state index contributed by atoms with van der Waals surface area (Å²) in [7, 11) is 0. The molecule has 0 fully saturated rings. The fourth-order valence-electron chi connectivity index (χ4n) is 4.02. The molecule has 0 atom stereocenters. The Bertz CT molecular complexity index is 1380. The molecule has 1 N–H and O–H groups in total. The highest BCUT2D eigenvalue weighted by molar-refractivity contribution is 6.13. The van der Waals surface area contributed by atoms with Crippen LogP contribution in [0.3, 0.4) is 0 Å². The van der Waals surface area contributed by atoms with Crippen molar-refractivity contribution in [2.75, 3.05) is 13.2 Å². The van der Waals surface area contributed by atoms with Gasteiger partial charge in [0.15, 0.2) is 0 Å². The van der Waals surface area contributed by atoms with Crippen LogP contribution in [0.1, 0.15) is 25.8 Å². The fraction of sp³-hybridized carbons (Fsp3) is 0.269. The van der Waals surface area contributed by atoms with Gasteiger partial charge in [-0.25, -0.2) is 4.39 Å². The number of rotatable bonds is 9. The number of ether oxygens (including phenoxy) is 3. The highest BCUT2D eigenvalue weighted by Gasteiger charge is 2.25. The van der Waals surface area contributed by atoms with E-state index in [0.717, 1.165) is 6.07 Å². The number of carbonyl (C=O) groups excluding carboxylic acids is 1. The number of hydrogen-bond donors (Lipinski definition) is 1. The van der Waals surface area contributed by atoms with E-state index in [9.17, 15) is 23.1 Å². The number of benzene rings is 3. The first-order chi connectivity index (χ1) is 16.8.